The molecule has 0 atom stereocenters. The third kappa shape index (κ3) is 6.67. The molecule has 1 amide bonds. The number of aromatic nitrogens is 3. The fourth-order valence-electron chi connectivity index (χ4n) is 4.13. The summed E-state index contributed by atoms with van der Waals surface area (Å²) in [6.45, 7) is 7.34. The molecule has 10 heteroatoms. The summed E-state index contributed by atoms with van der Waals surface area (Å²) in [4.78, 5) is 35.1. The highest BCUT2D eigenvalue weighted by Gasteiger charge is 2.17. The summed E-state index contributed by atoms with van der Waals surface area (Å²) >= 11 is 0. The SMILES string of the molecule is CCN1CCN(c2cc(Nc3ncc(CCc4cc(OC)cc(C(=O)NOC)c4)cn3)ccn2)CC1. The number of carbonyl (C=O) groups is 1. The molecule has 190 valence electrons. The average molecular weight is 492 g/mol. The predicted molar refractivity (Wildman–Crippen MR) is 139 cm³/mol. The number of nitrogens with one attached hydrogen (secondary N) is 2. The molecule has 0 bridgehead atoms. The summed E-state index contributed by atoms with van der Waals surface area (Å²) < 4.78 is 5.34. The van der Waals surface area contributed by atoms with Crippen molar-refractivity contribution in [3.05, 3.63) is 65.6 Å². The van der Waals surface area contributed by atoms with Crippen LogP contribution in [-0.4, -0.2) is 72.7 Å². The molecule has 1 aromatic carbocycles. The molecule has 0 aliphatic carbocycles. The molecule has 10 nitrogen and oxygen atoms in total. The van der Waals surface area contributed by atoms with Crippen LogP contribution in [0.15, 0.2) is 48.9 Å². The van der Waals surface area contributed by atoms with Gasteiger partial charge in [0, 0.05) is 62.1 Å². The Hall–Kier alpha value is -3.76. The summed E-state index contributed by atoms with van der Waals surface area (Å²) in [5, 5.41) is 3.28. The van der Waals surface area contributed by atoms with E-state index in [0.29, 0.717) is 23.7 Å². The lowest BCUT2D eigenvalue weighted by Crippen LogP contribution is -2.46. The Morgan fingerprint density at radius 2 is 1.72 bits per heavy atom. The molecule has 3 aromatic rings. The summed E-state index contributed by atoms with van der Waals surface area (Å²) in [7, 11) is 2.98. The van der Waals surface area contributed by atoms with E-state index in [1.54, 1.807) is 13.2 Å². The number of ether oxygens (including phenoxy) is 1. The van der Waals surface area contributed by atoms with Crippen molar-refractivity contribution in [3.63, 3.8) is 0 Å². The Balaban J connectivity index is 1.35. The van der Waals surface area contributed by atoms with Gasteiger partial charge in [-0.3, -0.25) is 9.63 Å². The van der Waals surface area contributed by atoms with Crippen molar-refractivity contribution >= 4 is 23.4 Å². The average Bonchev–Trinajstić information content (AvgIpc) is 2.93. The normalized spacial score (nSPS) is 13.9. The number of hydrogen-bond acceptors (Lipinski definition) is 9. The molecule has 0 unspecified atom stereocenters. The zero-order chi connectivity index (χ0) is 25.3. The van der Waals surface area contributed by atoms with Gasteiger partial charge >= 0.3 is 0 Å². The second kappa shape index (κ2) is 12.3. The quantitative estimate of drug-likeness (QED) is 0.414. The summed E-state index contributed by atoms with van der Waals surface area (Å²) in [6, 6.07) is 9.39. The highest BCUT2D eigenvalue weighted by atomic mass is 16.6. The van der Waals surface area contributed by atoms with Gasteiger partial charge in [-0.25, -0.2) is 20.4 Å². The van der Waals surface area contributed by atoms with E-state index >= 15 is 0 Å². The molecule has 0 radical (unpaired) electrons. The van der Waals surface area contributed by atoms with Crippen molar-refractivity contribution < 1.29 is 14.4 Å². The zero-order valence-corrected chi connectivity index (χ0v) is 21.0. The first-order chi connectivity index (χ1) is 17.6. The minimum atomic E-state index is -0.320. The first-order valence-corrected chi connectivity index (χ1v) is 12.1. The third-order valence-electron chi connectivity index (χ3n) is 6.21. The van der Waals surface area contributed by atoms with Crippen molar-refractivity contribution in [2.24, 2.45) is 0 Å². The summed E-state index contributed by atoms with van der Waals surface area (Å²) in [6.07, 6.45) is 6.88. The largest absolute Gasteiger partial charge is 0.497 e. The smallest absolute Gasteiger partial charge is 0.274 e. The van der Waals surface area contributed by atoms with Gasteiger partial charge in [0.2, 0.25) is 5.95 Å². The molecule has 1 saturated heterocycles. The van der Waals surface area contributed by atoms with E-state index in [9.17, 15) is 4.79 Å². The van der Waals surface area contributed by atoms with Crippen molar-refractivity contribution in [1.29, 1.82) is 0 Å². The Kier molecular flexibility index (Phi) is 8.64. The monoisotopic (exact) mass is 491 g/mol. The van der Waals surface area contributed by atoms with Crippen LogP contribution < -0.4 is 20.4 Å². The molecule has 3 heterocycles. The standard InChI is InChI=1S/C26H33N7O3/c1-4-32-9-11-33(12-10-32)24-16-22(7-8-27-24)30-26-28-17-20(18-29-26)6-5-19-13-21(25(34)31-36-3)15-23(14-19)35-2/h7-8,13-18H,4-6,9-12H2,1-3H3,(H,31,34)(H,27,28,29,30). The van der Waals surface area contributed by atoms with Crippen molar-refractivity contribution in [1.82, 2.24) is 25.3 Å². The second-order valence-electron chi connectivity index (χ2n) is 8.57. The number of hydroxylamine groups is 1. The first kappa shape index (κ1) is 25.3. The van der Waals surface area contributed by atoms with E-state index < -0.39 is 0 Å². The van der Waals surface area contributed by atoms with Crippen LogP contribution in [0.2, 0.25) is 0 Å². The fourth-order valence-corrected chi connectivity index (χ4v) is 4.13. The van der Waals surface area contributed by atoms with E-state index in [0.717, 1.165) is 61.8 Å². The van der Waals surface area contributed by atoms with Gasteiger partial charge in [-0.05, 0) is 54.8 Å². The van der Waals surface area contributed by atoms with Gasteiger partial charge < -0.3 is 19.9 Å². The predicted octanol–water partition coefficient (Wildman–Crippen LogP) is 2.84. The number of pyridine rings is 1. The third-order valence-corrected chi connectivity index (χ3v) is 6.21. The van der Waals surface area contributed by atoms with Gasteiger partial charge in [-0.1, -0.05) is 6.92 Å². The molecule has 2 aromatic heterocycles. The number of hydrogen-bond donors (Lipinski definition) is 2. The lowest BCUT2D eigenvalue weighted by Gasteiger charge is -2.34. The van der Waals surface area contributed by atoms with Gasteiger partial charge in [-0.2, -0.15) is 0 Å². The summed E-state index contributed by atoms with van der Waals surface area (Å²) in [5.74, 6) is 1.79. The van der Waals surface area contributed by atoms with Crippen LogP contribution in [0, 0.1) is 0 Å². The fraction of sp³-hybridized carbons (Fsp3) is 0.385. The van der Waals surface area contributed by atoms with Crippen molar-refractivity contribution in [2.75, 3.05) is 57.2 Å². The lowest BCUT2D eigenvalue weighted by molar-refractivity contribution is 0.0537. The van der Waals surface area contributed by atoms with Crippen LogP contribution in [0.1, 0.15) is 28.4 Å². The molecule has 2 N–H and O–H groups in total. The van der Waals surface area contributed by atoms with E-state index in [1.807, 2.05) is 42.9 Å². The number of benzene rings is 1. The van der Waals surface area contributed by atoms with Gasteiger partial charge in [-0.15, -0.1) is 0 Å². The second-order valence-corrected chi connectivity index (χ2v) is 8.57. The van der Waals surface area contributed by atoms with E-state index in [4.69, 9.17) is 9.57 Å². The van der Waals surface area contributed by atoms with E-state index in [1.165, 1.54) is 7.11 Å². The van der Waals surface area contributed by atoms with Gasteiger partial charge in [0.05, 0.1) is 14.2 Å². The van der Waals surface area contributed by atoms with Gasteiger partial charge in [0.1, 0.15) is 11.6 Å². The number of piperazine rings is 1. The molecule has 1 fully saturated rings. The molecular formula is C26H33N7O3. The van der Waals surface area contributed by atoms with Crippen LogP contribution in [0.25, 0.3) is 0 Å². The number of rotatable bonds is 10. The Morgan fingerprint density at radius 1 is 0.972 bits per heavy atom. The topological polar surface area (TPSA) is 105 Å². The van der Waals surface area contributed by atoms with E-state index in [2.05, 4.69) is 42.5 Å². The maximum Gasteiger partial charge on any atom is 0.274 e. The number of nitrogens with zero attached hydrogens (tertiary/aromatic N) is 5. The highest BCUT2D eigenvalue weighted by molar-refractivity contribution is 5.94. The molecule has 1 aliphatic rings. The zero-order valence-electron chi connectivity index (χ0n) is 21.0. The summed E-state index contributed by atoms with van der Waals surface area (Å²) in [5.41, 5.74) is 5.69. The van der Waals surface area contributed by atoms with E-state index in [-0.39, 0.29) is 5.91 Å². The first-order valence-electron chi connectivity index (χ1n) is 12.1. The van der Waals surface area contributed by atoms with Gasteiger partial charge in [0.25, 0.3) is 5.91 Å². The molecule has 1 aliphatic heterocycles. The maximum absolute atomic E-state index is 12.1. The highest BCUT2D eigenvalue weighted by Crippen LogP contribution is 2.21. The molecule has 4 rings (SSSR count). The Labute approximate surface area is 211 Å². The van der Waals surface area contributed by atoms with Crippen molar-refractivity contribution in [3.8, 4) is 5.75 Å². The molecule has 0 saturated carbocycles. The minimum Gasteiger partial charge on any atom is -0.497 e. The van der Waals surface area contributed by atoms with Crippen LogP contribution in [-0.2, 0) is 17.7 Å². The number of carbonyl (C=O) groups excluding carboxylic acids is 1. The van der Waals surface area contributed by atoms with Crippen LogP contribution in [0.4, 0.5) is 17.5 Å². The maximum atomic E-state index is 12.1. The Morgan fingerprint density at radius 3 is 2.42 bits per heavy atom. The molecular weight excluding hydrogens is 458 g/mol. The number of anilines is 3. The molecule has 0 spiro atoms. The van der Waals surface area contributed by atoms with Crippen LogP contribution in [0.5, 0.6) is 5.75 Å². The lowest BCUT2D eigenvalue weighted by atomic mass is 10.0. The minimum absolute atomic E-state index is 0.320. The molecule has 36 heavy (non-hydrogen) atoms. The number of likely N-dealkylation sites (N-methyl/N-ethyl adjacent to an activating group) is 1. The number of aryl methyl sites for hydroxylation is 2. The number of methoxy groups -OCH3 is 1. The van der Waals surface area contributed by atoms with Crippen molar-refractivity contribution in [2.45, 2.75) is 19.8 Å². The number of amides is 1. The van der Waals surface area contributed by atoms with Crippen LogP contribution in [0.3, 0.4) is 0 Å². The Bertz CT molecular complexity index is 1150. The van der Waals surface area contributed by atoms with Crippen LogP contribution >= 0.6 is 0 Å². The van der Waals surface area contributed by atoms with Gasteiger partial charge in [0.15, 0.2) is 0 Å².